The summed E-state index contributed by atoms with van der Waals surface area (Å²) in [6.45, 7) is -2.97. The molecule has 8 heteroatoms. The number of fused-ring (bicyclic) bond motifs is 1. The van der Waals surface area contributed by atoms with Crippen molar-refractivity contribution in [3.63, 3.8) is 0 Å². The second-order valence-corrected chi connectivity index (χ2v) is 8.56. The number of halogens is 2. The minimum absolute atomic E-state index is 0.00816. The van der Waals surface area contributed by atoms with Gasteiger partial charge in [-0.3, -0.25) is 14.2 Å². The Kier molecular flexibility index (Phi) is 5.30. The zero-order valence-corrected chi connectivity index (χ0v) is 17.6. The third-order valence-corrected chi connectivity index (χ3v) is 6.55. The highest BCUT2D eigenvalue weighted by atomic mass is 32.1. The number of rotatable bonds is 4. The third kappa shape index (κ3) is 3.60. The number of allylic oxidation sites excluding steroid dienone is 2. The highest BCUT2D eigenvalue weighted by Crippen LogP contribution is 2.36. The van der Waals surface area contributed by atoms with Gasteiger partial charge in [0, 0.05) is 17.6 Å². The molecule has 0 fully saturated rings. The number of thiazole rings is 1. The lowest BCUT2D eigenvalue weighted by Gasteiger charge is -2.28. The molecule has 1 atom stereocenters. The summed E-state index contributed by atoms with van der Waals surface area (Å²) in [5.41, 5.74) is 2.18. The number of benzene rings is 2. The van der Waals surface area contributed by atoms with Crippen LogP contribution in [0.25, 0.3) is 6.08 Å². The van der Waals surface area contributed by atoms with E-state index in [-0.39, 0.29) is 17.1 Å². The average molecular weight is 452 g/mol. The highest BCUT2D eigenvalue weighted by Gasteiger charge is 2.34. The molecule has 1 aromatic heterocycles. The van der Waals surface area contributed by atoms with E-state index in [0.717, 1.165) is 17.7 Å². The van der Waals surface area contributed by atoms with Crippen molar-refractivity contribution in [3.8, 4) is 5.75 Å². The van der Waals surface area contributed by atoms with E-state index < -0.39 is 12.7 Å². The lowest BCUT2D eigenvalue weighted by atomic mass is 9.86. The Morgan fingerprint density at radius 2 is 1.81 bits per heavy atom. The van der Waals surface area contributed by atoms with Gasteiger partial charge < -0.3 is 4.74 Å². The van der Waals surface area contributed by atoms with E-state index in [4.69, 9.17) is 0 Å². The maximum absolute atomic E-state index is 13.5. The van der Waals surface area contributed by atoms with E-state index in [0.29, 0.717) is 33.3 Å². The van der Waals surface area contributed by atoms with Crippen molar-refractivity contribution in [2.24, 2.45) is 4.99 Å². The number of aromatic nitrogens is 1. The lowest BCUT2D eigenvalue weighted by Crippen LogP contribution is -2.40. The van der Waals surface area contributed by atoms with Crippen LogP contribution in [0.5, 0.6) is 5.75 Å². The molecule has 0 amide bonds. The van der Waals surface area contributed by atoms with Crippen molar-refractivity contribution >= 4 is 23.2 Å². The molecule has 0 N–H and O–H groups in total. The fourth-order valence-corrected chi connectivity index (χ4v) is 5.22. The average Bonchev–Trinajstić information content (AvgIpc) is 3.09. The van der Waals surface area contributed by atoms with Gasteiger partial charge in [0.25, 0.3) is 5.56 Å². The maximum Gasteiger partial charge on any atom is 0.387 e. The molecule has 2 aliphatic rings. The maximum atomic E-state index is 13.5. The van der Waals surface area contributed by atoms with Gasteiger partial charge in [-0.1, -0.05) is 59.9 Å². The van der Waals surface area contributed by atoms with Gasteiger partial charge in [-0.15, -0.1) is 0 Å². The van der Waals surface area contributed by atoms with Gasteiger partial charge >= 0.3 is 6.61 Å². The van der Waals surface area contributed by atoms with Gasteiger partial charge in [0.1, 0.15) is 5.75 Å². The number of hydrogen-bond acceptors (Lipinski definition) is 5. The van der Waals surface area contributed by atoms with E-state index in [1.54, 1.807) is 22.8 Å². The first-order valence-corrected chi connectivity index (χ1v) is 11.0. The fraction of sp³-hybridized carbons (Fsp3) is 0.208. The number of carbonyl (C=O) groups excluding carboxylic acids is 1. The van der Waals surface area contributed by atoms with E-state index in [2.05, 4.69) is 9.73 Å². The van der Waals surface area contributed by atoms with Crippen LogP contribution in [0.2, 0.25) is 0 Å². The Bertz CT molecular complexity index is 1410. The molecule has 5 nitrogen and oxygen atoms in total. The predicted molar refractivity (Wildman–Crippen MR) is 116 cm³/mol. The minimum Gasteiger partial charge on any atom is -0.434 e. The summed E-state index contributed by atoms with van der Waals surface area (Å²) < 4.78 is 32.1. The Balaban J connectivity index is 1.73. The van der Waals surface area contributed by atoms with E-state index >= 15 is 0 Å². The van der Waals surface area contributed by atoms with Crippen molar-refractivity contribution < 1.29 is 18.3 Å². The molecule has 1 unspecified atom stereocenters. The van der Waals surface area contributed by atoms with Crippen molar-refractivity contribution in [1.82, 2.24) is 4.57 Å². The first kappa shape index (κ1) is 20.5. The number of Topliss-reactive ketones (excluding diaryl/α,β-unsaturated/α-hetero) is 1. The molecule has 1 aliphatic heterocycles. The van der Waals surface area contributed by atoms with Crippen LogP contribution in [0.15, 0.2) is 75.7 Å². The Hall–Kier alpha value is -3.39. The van der Waals surface area contributed by atoms with Gasteiger partial charge in [-0.2, -0.15) is 8.78 Å². The molecule has 3 aromatic rings. The molecular formula is C24H18F2N2O3S. The lowest BCUT2D eigenvalue weighted by molar-refractivity contribution is -0.116. The zero-order chi connectivity index (χ0) is 22.2. The van der Waals surface area contributed by atoms with Crippen LogP contribution in [0, 0.1) is 0 Å². The molecule has 0 radical (unpaired) electrons. The van der Waals surface area contributed by atoms with Gasteiger partial charge in [0.05, 0.1) is 16.3 Å². The van der Waals surface area contributed by atoms with Crippen LogP contribution in [0.4, 0.5) is 8.78 Å². The number of carbonyl (C=O) groups is 1. The number of nitrogens with zero attached hydrogens (tertiary/aromatic N) is 2. The molecule has 0 bridgehead atoms. The molecule has 1 aliphatic carbocycles. The van der Waals surface area contributed by atoms with Crippen molar-refractivity contribution in [1.29, 1.82) is 0 Å². The number of ether oxygens (including phenoxy) is 1. The Morgan fingerprint density at radius 1 is 1.06 bits per heavy atom. The second kappa shape index (κ2) is 8.27. The summed E-state index contributed by atoms with van der Waals surface area (Å²) in [4.78, 5) is 31.5. The van der Waals surface area contributed by atoms with Crippen molar-refractivity contribution in [2.75, 3.05) is 0 Å². The van der Waals surface area contributed by atoms with Crippen LogP contribution in [-0.4, -0.2) is 17.0 Å². The predicted octanol–water partition coefficient (Wildman–Crippen LogP) is 3.57. The van der Waals surface area contributed by atoms with Crippen LogP contribution >= 0.6 is 11.3 Å². The van der Waals surface area contributed by atoms with E-state index in [1.807, 2.05) is 30.3 Å². The summed E-state index contributed by atoms with van der Waals surface area (Å²) in [6.07, 6.45) is 3.38. The number of para-hydroxylation sites is 1. The summed E-state index contributed by atoms with van der Waals surface area (Å²) in [5, 5.41) is 0. The van der Waals surface area contributed by atoms with E-state index in [9.17, 15) is 18.4 Å². The zero-order valence-electron chi connectivity index (χ0n) is 16.8. The van der Waals surface area contributed by atoms with Gasteiger partial charge in [-0.25, -0.2) is 4.99 Å². The SMILES string of the molecule is O=C1CCCC2=C1C(c1ccccc1)n1c(s/c(=C/c3ccccc3OC(F)F)c1=O)=N2. The van der Waals surface area contributed by atoms with Crippen LogP contribution in [0.1, 0.15) is 36.4 Å². The summed E-state index contributed by atoms with van der Waals surface area (Å²) in [5.74, 6) is -0.00349. The minimum atomic E-state index is -2.97. The van der Waals surface area contributed by atoms with Crippen molar-refractivity contribution in [2.45, 2.75) is 31.9 Å². The molecule has 162 valence electrons. The van der Waals surface area contributed by atoms with Gasteiger partial charge in [0.15, 0.2) is 10.6 Å². The first-order valence-electron chi connectivity index (χ1n) is 10.2. The normalized spacial score (nSPS) is 18.4. The fourth-order valence-electron chi connectivity index (χ4n) is 4.21. The second-order valence-electron chi connectivity index (χ2n) is 7.55. The number of alkyl halides is 2. The van der Waals surface area contributed by atoms with Crippen LogP contribution < -0.4 is 19.6 Å². The molecule has 2 heterocycles. The molecule has 0 saturated carbocycles. The number of ketones is 1. The first-order chi connectivity index (χ1) is 15.5. The molecule has 0 spiro atoms. The van der Waals surface area contributed by atoms with Crippen LogP contribution in [0.3, 0.4) is 0 Å². The molecule has 32 heavy (non-hydrogen) atoms. The molecular weight excluding hydrogens is 434 g/mol. The Morgan fingerprint density at radius 3 is 2.59 bits per heavy atom. The highest BCUT2D eigenvalue weighted by molar-refractivity contribution is 7.07. The Labute approximate surface area is 185 Å². The third-order valence-electron chi connectivity index (χ3n) is 5.56. The topological polar surface area (TPSA) is 60.7 Å². The molecule has 2 aromatic carbocycles. The van der Waals surface area contributed by atoms with Gasteiger partial charge in [-0.05, 0) is 30.5 Å². The molecule has 5 rings (SSSR count). The van der Waals surface area contributed by atoms with Crippen LogP contribution in [-0.2, 0) is 4.79 Å². The summed E-state index contributed by atoms with van der Waals surface area (Å²) in [6, 6.07) is 15.2. The standard InChI is InChI=1S/C24H18F2N2O3S/c25-23(26)31-18-12-5-4-9-15(18)13-19-22(30)28-21(14-7-2-1-3-8-14)20-16(27-24(28)32-19)10-6-11-17(20)29/h1-5,7-9,12-13,21,23H,6,10-11H2/b19-13+. The summed E-state index contributed by atoms with van der Waals surface area (Å²) in [7, 11) is 0. The molecule has 0 saturated heterocycles. The van der Waals surface area contributed by atoms with Crippen molar-refractivity contribution in [3.05, 3.63) is 96.7 Å². The monoisotopic (exact) mass is 452 g/mol. The quantitative estimate of drug-likeness (QED) is 0.608. The van der Waals surface area contributed by atoms with Gasteiger partial charge in [0.2, 0.25) is 0 Å². The van der Waals surface area contributed by atoms with E-state index in [1.165, 1.54) is 23.5 Å². The smallest absolute Gasteiger partial charge is 0.387 e. The summed E-state index contributed by atoms with van der Waals surface area (Å²) >= 11 is 1.18. The number of hydrogen-bond donors (Lipinski definition) is 0. The largest absolute Gasteiger partial charge is 0.434 e.